The van der Waals surface area contributed by atoms with E-state index in [9.17, 15) is 9.59 Å². The van der Waals surface area contributed by atoms with Crippen molar-refractivity contribution in [1.82, 2.24) is 10.2 Å². The molecule has 4 rings (SSSR count). The third-order valence-corrected chi connectivity index (χ3v) is 6.71. The van der Waals surface area contributed by atoms with Gasteiger partial charge >= 0.3 is 0 Å². The summed E-state index contributed by atoms with van der Waals surface area (Å²) in [5, 5.41) is 6.06. The Bertz CT molecular complexity index is 643. The lowest BCUT2D eigenvalue weighted by atomic mass is 9.92. The molecular formula is C18H24ClN3O2S. The Morgan fingerprint density at radius 1 is 1.16 bits per heavy atom. The minimum absolute atomic E-state index is 0. The summed E-state index contributed by atoms with van der Waals surface area (Å²) in [7, 11) is 0. The first-order valence-electron chi connectivity index (χ1n) is 8.76. The normalized spacial score (nSPS) is 28.2. The lowest BCUT2D eigenvalue weighted by molar-refractivity contribution is -0.132. The molecule has 1 aromatic carbocycles. The van der Waals surface area contributed by atoms with E-state index in [4.69, 9.17) is 0 Å². The van der Waals surface area contributed by atoms with Crippen LogP contribution in [0.15, 0.2) is 29.2 Å². The van der Waals surface area contributed by atoms with Crippen LogP contribution in [-0.2, 0) is 9.59 Å². The maximum Gasteiger partial charge on any atom is 0.238 e. The van der Waals surface area contributed by atoms with Crippen molar-refractivity contribution in [2.45, 2.75) is 29.4 Å². The van der Waals surface area contributed by atoms with Gasteiger partial charge in [-0.3, -0.25) is 9.59 Å². The average Bonchev–Trinajstić information content (AvgIpc) is 2.93. The number of hydrogen-bond donors (Lipinski definition) is 2. The topological polar surface area (TPSA) is 61.4 Å². The van der Waals surface area contributed by atoms with Crippen LogP contribution in [0.25, 0.3) is 0 Å². The van der Waals surface area contributed by atoms with Crippen molar-refractivity contribution < 1.29 is 9.59 Å². The summed E-state index contributed by atoms with van der Waals surface area (Å²) in [5.41, 5.74) is 0.853. The largest absolute Gasteiger partial charge is 0.343 e. The van der Waals surface area contributed by atoms with Gasteiger partial charge in [0.2, 0.25) is 11.8 Å². The first-order chi connectivity index (χ1) is 11.7. The standard InChI is InChI=1S/C18H23N3O2S.ClH/c22-17(21-7-5-12-10-19-11-13(12)6-8-21)9-16-18(23)20-14-3-1-2-4-15(14)24-16;/h1-4,12-13,16,19H,5-11H2,(H,20,23);1H/t12-,13+,16?;. The van der Waals surface area contributed by atoms with Crippen LogP contribution in [0.2, 0.25) is 0 Å². The number of thioether (sulfide) groups is 1. The van der Waals surface area contributed by atoms with Gasteiger partial charge in [0.05, 0.1) is 10.9 Å². The zero-order valence-corrected chi connectivity index (χ0v) is 15.7. The fourth-order valence-corrected chi connectivity index (χ4v) is 5.08. The van der Waals surface area contributed by atoms with Crippen LogP contribution >= 0.6 is 24.2 Å². The Balaban J connectivity index is 0.00000182. The molecule has 3 aliphatic rings. The molecule has 25 heavy (non-hydrogen) atoms. The number of amides is 2. The smallest absolute Gasteiger partial charge is 0.238 e. The highest BCUT2D eigenvalue weighted by Crippen LogP contribution is 2.37. The van der Waals surface area contributed by atoms with Gasteiger partial charge in [-0.2, -0.15) is 0 Å². The molecule has 7 heteroatoms. The van der Waals surface area contributed by atoms with Crippen molar-refractivity contribution in [2.75, 3.05) is 31.5 Å². The van der Waals surface area contributed by atoms with E-state index in [2.05, 4.69) is 10.6 Å². The Labute approximate surface area is 158 Å². The lowest BCUT2D eigenvalue weighted by Gasteiger charge is -2.27. The number of fused-ring (bicyclic) bond motifs is 2. The van der Waals surface area contributed by atoms with Crippen molar-refractivity contribution in [3.63, 3.8) is 0 Å². The molecule has 136 valence electrons. The van der Waals surface area contributed by atoms with Crippen molar-refractivity contribution in [2.24, 2.45) is 11.8 Å². The fraction of sp³-hybridized carbons (Fsp3) is 0.556. The van der Waals surface area contributed by atoms with Crippen LogP contribution in [0, 0.1) is 11.8 Å². The number of nitrogens with one attached hydrogen (secondary N) is 2. The van der Waals surface area contributed by atoms with E-state index in [1.54, 1.807) is 0 Å². The van der Waals surface area contributed by atoms with Gasteiger partial charge in [0, 0.05) is 24.4 Å². The summed E-state index contributed by atoms with van der Waals surface area (Å²) >= 11 is 1.51. The molecule has 3 aliphatic heterocycles. The van der Waals surface area contributed by atoms with E-state index in [1.165, 1.54) is 11.8 Å². The van der Waals surface area contributed by atoms with Crippen molar-refractivity contribution in [1.29, 1.82) is 0 Å². The number of likely N-dealkylation sites (tertiary alicyclic amines) is 1. The fourth-order valence-electron chi connectivity index (χ4n) is 3.98. The van der Waals surface area contributed by atoms with E-state index < -0.39 is 0 Å². The third-order valence-electron chi connectivity index (χ3n) is 5.44. The van der Waals surface area contributed by atoms with Crippen LogP contribution in [-0.4, -0.2) is 48.1 Å². The summed E-state index contributed by atoms with van der Waals surface area (Å²) in [6.45, 7) is 3.84. The number of carbonyl (C=O) groups excluding carboxylic acids is 2. The monoisotopic (exact) mass is 381 g/mol. The van der Waals surface area contributed by atoms with Crippen LogP contribution < -0.4 is 10.6 Å². The zero-order valence-electron chi connectivity index (χ0n) is 14.1. The van der Waals surface area contributed by atoms with Gasteiger partial charge in [-0.25, -0.2) is 0 Å². The molecule has 0 spiro atoms. The highest BCUT2D eigenvalue weighted by molar-refractivity contribution is 8.01. The van der Waals surface area contributed by atoms with E-state index in [0.29, 0.717) is 18.3 Å². The van der Waals surface area contributed by atoms with E-state index in [0.717, 1.165) is 49.6 Å². The second-order valence-electron chi connectivity index (χ2n) is 6.93. The van der Waals surface area contributed by atoms with Gasteiger partial charge in [0.25, 0.3) is 0 Å². The molecule has 3 atom stereocenters. The predicted molar refractivity (Wildman–Crippen MR) is 102 cm³/mol. The molecule has 3 heterocycles. The average molecular weight is 382 g/mol. The van der Waals surface area contributed by atoms with Crippen molar-refractivity contribution in [3.05, 3.63) is 24.3 Å². The molecule has 0 aliphatic carbocycles. The Morgan fingerprint density at radius 3 is 2.56 bits per heavy atom. The number of halogens is 1. The number of carbonyl (C=O) groups is 2. The van der Waals surface area contributed by atoms with Crippen LogP contribution in [0.5, 0.6) is 0 Å². The number of benzene rings is 1. The number of rotatable bonds is 2. The second kappa shape index (κ2) is 7.98. The van der Waals surface area contributed by atoms with Crippen molar-refractivity contribution in [3.8, 4) is 0 Å². The Kier molecular flexibility index (Phi) is 5.92. The SMILES string of the molecule is Cl.O=C1Nc2ccccc2SC1CC(=O)N1CC[C@@H]2CNC[C@@H]2CC1. The Morgan fingerprint density at radius 2 is 1.84 bits per heavy atom. The molecule has 5 nitrogen and oxygen atoms in total. The van der Waals surface area contributed by atoms with Gasteiger partial charge in [-0.05, 0) is 49.9 Å². The molecule has 0 radical (unpaired) electrons. The number of hydrogen-bond acceptors (Lipinski definition) is 4. The van der Waals surface area contributed by atoms with Gasteiger partial charge in [-0.15, -0.1) is 24.2 Å². The number of para-hydroxylation sites is 1. The van der Waals surface area contributed by atoms with Gasteiger partial charge in [0.1, 0.15) is 0 Å². The number of anilines is 1. The minimum atomic E-state index is -0.322. The molecule has 1 aromatic rings. The summed E-state index contributed by atoms with van der Waals surface area (Å²) in [4.78, 5) is 28.0. The molecule has 2 saturated heterocycles. The molecule has 2 fully saturated rings. The minimum Gasteiger partial charge on any atom is -0.343 e. The van der Waals surface area contributed by atoms with E-state index in [1.807, 2.05) is 29.2 Å². The lowest BCUT2D eigenvalue weighted by Crippen LogP contribution is -2.38. The molecule has 0 aromatic heterocycles. The first-order valence-corrected chi connectivity index (χ1v) is 9.64. The van der Waals surface area contributed by atoms with Gasteiger partial charge in [-0.1, -0.05) is 12.1 Å². The predicted octanol–water partition coefficient (Wildman–Crippen LogP) is 2.37. The highest BCUT2D eigenvalue weighted by atomic mass is 35.5. The molecule has 0 bridgehead atoms. The maximum atomic E-state index is 12.7. The quantitative estimate of drug-likeness (QED) is 0.825. The maximum absolute atomic E-state index is 12.7. The zero-order chi connectivity index (χ0) is 16.5. The Hall–Kier alpha value is -1.24. The molecule has 1 unspecified atom stereocenters. The van der Waals surface area contributed by atoms with E-state index in [-0.39, 0.29) is 29.5 Å². The van der Waals surface area contributed by atoms with Crippen LogP contribution in [0.3, 0.4) is 0 Å². The summed E-state index contributed by atoms with van der Waals surface area (Å²) in [6, 6.07) is 7.77. The highest BCUT2D eigenvalue weighted by Gasteiger charge is 2.34. The van der Waals surface area contributed by atoms with Gasteiger partial charge in [0.15, 0.2) is 0 Å². The van der Waals surface area contributed by atoms with Crippen LogP contribution in [0.4, 0.5) is 5.69 Å². The van der Waals surface area contributed by atoms with Crippen LogP contribution in [0.1, 0.15) is 19.3 Å². The summed E-state index contributed by atoms with van der Waals surface area (Å²) in [6.07, 6.45) is 2.45. The van der Waals surface area contributed by atoms with Gasteiger partial charge < -0.3 is 15.5 Å². The summed E-state index contributed by atoms with van der Waals surface area (Å²) in [5.74, 6) is 1.49. The van der Waals surface area contributed by atoms with Crippen molar-refractivity contribution >= 4 is 41.7 Å². The first kappa shape index (κ1) is 18.5. The molecular weight excluding hydrogens is 358 g/mol. The molecule has 2 N–H and O–H groups in total. The third kappa shape index (κ3) is 3.96. The molecule has 2 amide bonds. The summed E-state index contributed by atoms with van der Waals surface area (Å²) < 4.78 is 0. The van der Waals surface area contributed by atoms with E-state index >= 15 is 0 Å². The molecule has 0 saturated carbocycles. The second-order valence-corrected chi connectivity index (χ2v) is 8.18. The number of nitrogens with zero attached hydrogens (tertiary/aromatic N) is 1.